The van der Waals surface area contributed by atoms with Gasteiger partial charge in [-0.2, -0.15) is 0 Å². The fourth-order valence-electron chi connectivity index (χ4n) is 2.43. The molecule has 0 spiro atoms. The molecule has 0 saturated carbocycles. The van der Waals surface area contributed by atoms with Crippen molar-refractivity contribution in [1.29, 1.82) is 0 Å². The van der Waals surface area contributed by atoms with Gasteiger partial charge in [-0.15, -0.1) is 0 Å². The molecule has 0 amide bonds. The molecule has 0 atom stereocenters. The molecular formula is C19H17FN2O2S. The van der Waals surface area contributed by atoms with Gasteiger partial charge < -0.3 is 5.32 Å². The third-order valence-corrected chi connectivity index (χ3v) is 4.93. The van der Waals surface area contributed by atoms with Crippen LogP contribution in [0.3, 0.4) is 0 Å². The second kappa shape index (κ2) is 7.03. The van der Waals surface area contributed by atoms with Crippen molar-refractivity contribution < 1.29 is 12.8 Å². The van der Waals surface area contributed by atoms with E-state index in [4.69, 9.17) is 0 Å². The van der Waals surface area contributed by atoms with Gasteiger partial charge in [0.1, 0.15) is 5.82 Å². The molecule has 25 heavy (non-hydrogen) atoms. The van der Waals surface area contributed by atoms with Crippen LogP contribution in [0.5, 0.6) is 0 Å². The Morgan fingerprint density at radius 1 is 0.960 bits per heavy atom. The molecule has 0 radical (unpaired) electrons. The van der Waals surface area contributed by atoms with Gasteiger partial charge in [0.15, 0.2) is 9.84 Å². The van der Waals surface area contributed by atoms with E-state index >= 15 is 0 Å². The van der Waals surface area contributed by atoms with Gasteiger partial charge in [0, 0.05) is 25.2 Å². The maximum atomic E-state index is 14.0. The standard InChI is InChI=1S/C19H17FN2O2S/c1-25(23,24)17-6-7-19(18(20)12-17)22-13-14-2-4-15(5-3-14)16-8-10-21-11-9-16/h2-12,22H,13H2,1H3. The van der Waals surface area contributed by atoms with Crippen LogP contribution in [0.15, 0.2) is 71.9 Å². The zero-order chi connectivity index (χ0) is 17.9. The lowest BCUT2D eigenvalue weighted by molar-refractivity contribution is 0.596. The lowest BCUT2D eigenvalue weighted by atomic mass is 10.1. The minimum absolute atomic E-state index is 0.0303. The quantitative estimate of drug-likeness (QED) is 0.753. The highest BCUT2D eigenvalue weighted by molar-refractivity contribution is 7.90. The maximum Gasteiger partial charge on any atom is 0.175 e. The van der Waals surface area contributed by atoms with Crippen molar-refractivity contribution in [3.8, 4) is 11.1 Å². The van der Waals surface area contributed by atoms with Crippen LogP contribution in [0.1, 0.15) is 5.56 Å². The van der Waals surface area contributed by atoms with Crippen molar-refractivity contribution in [2.24, 2.45) is 0 Å². The summed E-state index contributed by atoms with van der Waals surface area (Å²) in [4.78, 5) is 3.97. The predicted molar refractivity (Wildman–Crippen MR) is 96.5 cm³/mol. The van der Waals surface area contributed by atoms with E-state index in [1.807, 2.05) is 36.4 Å². The number of rotatable bonds is 5. The molecule has 0 aliphatic heterocycles. The predicted octanol–water partition coefficient (Wildman–Crippen LogP) is 3.90. The summed E-state index contributed by atoms with van der Waals surface area (Å²) in [5.41, 5.74) is 3.42. The first-order valence-electron chi connectivity index (χ1n) is 7.66. The van der Waals surface area contributed by atoms with Gasteiger partial charge in [-0.3, -0.25) is 4.98 Å². The molecule has 0 saturated heterocycles. The molecule has 0 aliphatic rings. The van der Waals surface area contributed by atoms with Crippen LogP contribution in [-0.2, 0) is 16.4 Å². The summed E-state index contributed by atoms with van der Waals surface area (Å²) in [5, 5.41) is 2.99. The Labute approximate surface area is 146 Å². The van der Waals surface area contributed by atoms with Gasteiger partial charge in [-0.05, 0) is 47.0 Å². The summed E-state index contributed by atoms with van der Waals surface area (Å²) in [5.74, 6) is -0.587. The number of pyridine rings is 1. The number of halogens is 1. The van der Waals surface area contributed by atoms with Gasteiger partial charge in [-0.25, -0.2) is 12.8 Å². The number of aromatic nitrogens is 1. The van der Waals surface area contributed by atoms with E-state index < -0.39 is 15.7 Å². The number of sulfone groups is 1. The van der Waals surface area contributed by atoms with Crippen LogP contribution in [0, 0.1) is 5.82 Å². The zero-order valence-corrected chi connectivity index (χ0v) is 14.4. The molecule has 1 aromatic heterocycles. The van der Waals surface area contributed by atoms with Crippen LogP contribution in [0.2, 0.25) is 0 Å². The van der Waals surface area contributed by atoms with Gasteiger partial charge >= 0.3 is 0 Å². The topological polar surface area (TPSA) is 59.1 Å². The van der Waals surface area contributed by atoms with Crippen LogP contribution in [0.25, 0.3) is 11.1 Å². The smallest absolute Gasteiger partial charge is 0.175 e. The zero-order valence-electron chi connectivity index (χ0n) is 13.6. The molecular weight excluding hydrogens is 339 g/mol. The summed E-state index contributed by atoms with van der Waals surface area (Å²) in [6.45, 7) is 0.436. The van der Waals surface area contributed by atoms with E-state index in [2.05, 4.69) is 10.3 Å². The SMILES string of the molecule is CS(=O)(=O)c1ccc(NCc2ccc(-c3ccncc3)cc2)c(F)c1. The van der Waals surface area contributed by atoms with Crippen LogP contribution in [0.4, 0.5) is 10.1 Å². The van der Waals surface area contributed by atoms with Crippen molar-refractivity contribution in [2.45, 2.75) is 11.4 Å². The first-order valence-corrected chi connectivity index (χ1v) is 9.55. The maximum absolute atomic E-state index is 14.0. The molecule has 0 fully saturated rings. The molecule has 0 bridgehead atoms. The molecule has 128 valence electrons. The first kappa shape index (κ1) is 17.1. The molecule has 3 rings (SSSR count). The van der Waals surface area contributed by atoms with E-state index in [1.165, 1.54) is 12.1 Å². The monoisotopic (exact) mass is 356 g/mol. The molecule has 1 N–H and O–H groups in total. The second-order valence-electron chi connectivity index (χ2n) is 5.70. The van der Waals surface area contributed by atoms with Crippen LogP contribution in [-0.4, -0.2) is 19.7 Å². The Kier molecular flexibility index (Phi) is 4.81. The minimum Gasteiger partial charge on any atom is -0.379 e. The van der Waals surface area contributed by atoms with Crippen molar-refractivity contribution in [2.75, 3.05) is 11.6 Å². The Hall–Kier alpha value is -2.73. The summed E-state index contributed by atoms with van der Waals surface area (Å²) >= 11 is 0. The minimum atomic E-state index is -3.41. The van der Waals surface area contributed by atoms with E-state index in [9.17, 15) is 12.8 Å². The van der Waals surface area contributed by atoms with E-state index in [-0.39, 0.29) is 10.6 Å². The summed E-state index contributed by atoms with van der Waals surface area (Å²) < 4.78 is 36.9. The summed E-state index contributed by atoms with van der Waals surface area (Å²) in [7, 11) is -3.41. The first-order chi connectivity index (χ1) is 11.9. The van der Waals surface area contributed by atoms with E-state index in [0.29, 0.717) is 6.54 Å². The Balaban J connectivity index is 1.70. The van der Waals surface area contributed by atoms with Gasteiger partial charge in [0.2, 0.25) is 0 Å². The fourth-order valence-corrected chi connectivity index (χ4v) is 3.06. The van der Waals surface area contributed by atoms with Crippen molar-refractivity contribution in [1.82, 2.24) is 4.98 Å². The van der Waals surface area contributed by atoms with E-state index in [1.54, 1.807) is 12.4 Å². The molecule has 1 heterocycles. The molecule has 6 heteroatoms. The number of nitrogens with one attached hydrogen (secondary N) is 1. The van der Waals surface area contributed by atoms with Crippen molar-refractivity contribution in [3.63, 3.8) is 0 Å². The highest BCUT2D eigenvalue weighted by Crippen LogP contribution is 2.21. The average Bonchev–Trinajstić information content (AvgIpc) is 2.61. The van der Waals surface area contributed by atoms with Crippen LogP contribution >= 0.6 is 0 Å². The molecule has 0 unspecified atom stereocenters. The largest absolute Gasteiger partial charge is 0.379 e. The second-order valence-corrected chi connectivity index (χ2v) is 7.72. The molecule has 3 aromatic rings. The molecule has 4 nitrogen and oxygen atoms in total. The highest BCUT2D eigenvalue weighted by atomic mass is 32.2. The van der Waals surface area contributed by atoms with Crippen LogP contribution < -0.4 is 5.32 Å². The lowest BCUT2D eigenvalue weighted by Gasteiger charge is -2.09. The number of anilines is 1. The number of hydrogen-bond donors (Lipinski definition) is 1. The third kappa shape index (κ3) is 4.22. The average molecular weight is 356 g/mol. The van der Waals surface area contributed by atoms with Gasteiger partial charge in [0.05, 0.1) is 10.6 Å². The van der Waals surface area contributed by atoms with E-state index in [0.717, 1.165) is 29.0 Å². The summed E-state index contributed by atoms with van der Waals surface area (Å²) in [6.07, 6.45) is 4.54. The number of nitrogens with zero attached hydrogens (tertiary/aromatic N) is 1. The summed E-state index contributed by atoms with van der Waals surface area (Å²) in [6, 6.07) is 15.7. The Morgan fingerprint density at radius 2 is 1.60 bits per heavy atom. The van der Waals surface area contributed by atoms with Gasteiger partial charge in [0.25, 0.3) is 0 Å². The fraction of sp³-hybridized carbons (Fsp3) is 0.105. The van der Waals surface area contributed by atoms with Gasteiger partial charge in [-0.1, -0.05) is 24.3 Å². The normalized spacial score (nSPS) is 11.3. The molecule has 2 aromatic carbocycles. The molecule has 0 aliphatic carbocycles. The third-order valence-electron chi connectivity index (χ3n) is 3.82. The lowest BCUT2D eigenvalue weighted by Crippen LogP contribution is -2.03. The Bertz CT molecular complexity index is 972. The number of benzene rings is 2. The highest BCUT2D eigenvalue weighted by Gasteiger charge is 2.10. The number of hydrogen-bond acceptors (Lipinski definition) is 4. The Morgan fingerprint density at radius 3 is 2.20 bits per heavy atom. The van der Waals surface area contributed by atoms with Crippen molar-refractivity contribution in [3.05, 3.63) is 78.4 Å². The van der Waals surface area contributed by atoms with Crippen molar-refractivity contribution >= 4 is 15.5 Å².